The Balaban J connectivity index is 1.84. The molecule has 9 fully saturated rings. The van der Waals surface area contributed by atoms with E-state index in [0.717, 1.165) is 180 Å². The summed E-state index contributed by atoms with van der Waals surface area (Å²) in [5, 5.41) is 0. The zero-order valence-electron chi connectivity index (χ0n) is 66.8. The van der Waals surface area contributed by atoms with Crippen LogP contribution < -0.4 is 0 Å². The summed E-state index contributed by atoms with van der Waals surface area (Å²) in [6.07, 6.45) is 28.2. The fraction of sp³-hybridized carbons (Fsp3) is 1.00. The lowest BCUT2D eigenvalue weighted by molar-refractivity contribution is 0.0320. The smallest absolute Gasteiger partial charge is 0.373 e. The molecule has 0 aromatic heterocycles. The summed E-state index contributed by atoms with van der Waals surface area (Å²) in [6, 6.07) is 0. The zero-order valence-corrected chi connectivity index (χ0v) is 84.4. The Morgan fingerprint density at radius 1 is 0.260 bits per heavy atom. The van der Waals surface area contributed by atoms with Gasteiger partial charge in [-0.05, 0) is 309 Å². The third-order valence-corrected chi connectivity index (χ3v) is 105. The molecule has 12 nitrogen and oxygen atoms in total. The highest BCUT2D eigenvalue weighted by Gasteiger charge is 2.98. The number of hydrogen-bond acceptors (Lipinski definition) is 24. The molecule has 0 spiro atoms. The van der Waals surface area contributed by atoms with Crippen molar-refractivity contribution in [3.05, 3.63) is 0 Å². The summed E-state index contributed by atoms with van der Waals surface area (Å²) >= 11 is 57.2. The molecule has 0 N–H and O–H groups in total. The number of thiol groups is 8. The van der Waals surface area contributed by atoms with E-state index < -0.39 is 115 Å². The van der Waals surface area contributed by atoms with Crippen LogP contribution in [-0.2, 0) is 53.1 Å². The minimum atomic E-state index is -4.29. The molecule has 0 saturated heterocycles. The van der Waals surface area contributed by atoms with Crippen molar-refractivity contribution in [2.45, 2.75) is 329 Å². The van der Waals surface area contributed by atoms with Crippen molar-refractivity contribution in [2.24, 2.45) is 45.3 Å². The first-order valence-electron chi connectivity index (χ1n) is 41.0. The Hall–Kier alpha value is 5.99. The normalized spacial score (nSPS) is 39.8. The monoisotopic (exact) mass is 1820 g/mol. The summed E-state index contributed by atoms with van der Waals surface area (Å²) in [4.78, 5) is 0. The van der Waals surface area contributed by atoms with Crippen LogP contribution in [-0.4, -0.2) is 140 Å². The third-order valence-electron chi connectivity index (χ3n) is 28.7. The number of fused-ring (bicyclic) bond motifs is 8. The van der Waals surface area contributed by atoms with Gasteiger partial charge in [0.25, 0.3) is 0 Å². The summed E-state index contributed by atoms with van der Waals surface area (Å²) < 4.78 is 91.9. The lowest BCUT2D eigenvalue weighted by atomic mass is 9.80. The van der Waals surface area contributed by atoms with Gasteiger partial charge in [0.1, 0.15) is 0 Å². The molecular weight excluding hydrogens is 1680 g/mol. The van der Waals surface area contributed by atoms with Gasteiger partial charge >= 0.3 is 35.2 Å². The molecule has 104 heavy (non-hydrogen) atoms. The predicted octanol–water partition coefficient (Wildman–Crippen LogP) is 25.6. The Bertz CT molecular complexity index is 2380. The van der Waals surface area contributed by atoms with E-state index in [1.165, 1.54) is 0 Å². The second-order valence-corrected chi connectivity index (χ2v) is 78.1. The molecule has 0 aliphatic heterocycles. The van der Waals surface area contributed by atoms with E-state index >= 15 is 0 Å². The van der Waals surface area contributed by atoms with Gasteiger partial charge in [-0.1, -0.05) is 79.1 Å². The van der Waals surface area contributed by atoms with Crippen molar-refractivity contribution in [1.82, 2.24) is 0 Å². The maximum Gasteiger partial charge on any atom is 0.518 e. The molecule has 616 valence electrons. The van der Waals surface area contributed by atoms with Crippen LogP contribution in [0, 0.1) is 45.3 Å². The van der Waals surface area contributed by atoms with Gasteiger partial charge in [0.2, 0.25) is 0 Å². The second-order valence-electron chi connectivity index (χ2n) is 31.8. The van der Waals surface area contributed by atoms with E-state index in [1.807, 2.05) is 0 Å². The number of rotatable bonds is 44. The van der Waals surface area contributed by atoms with E-state index in [0.29, 0.717) is 116 Å². The van der Waals surface area contributed by atoms with Gasteiger partial charge in [-0.3, -0.25) is 0 Å². The summed E-state index contributed by atoms with van der Waals surface area (Å²) in [5.74, 6) is 1.22. The fourth-order valence-corrected chi connectivity index (χ4v) is 124. The SMILES string of the molecule is CCO[Si](OCC)(OCC)C1(S(S)(SS)C2(S(S)(SS)C3([Si](OCC)(OCC)OCC)CC4CCC3(CC)C4)CCCCCCCCCCC2(S(S)(SS)C2([Si](OCC)(OCC)OCC)CC3CCC2(CC)C3)S(S)(SS)C2([Si](OCC)(OCC)OCC)CC3CCC2(CC)C3)CC2CCC1(CC)C2. The van der Waals surface area contributed by atoms with Crippen molar-refractivity contribution < 1.29 is 53.1 Å². The van der Waals surface area contributed by atoms with Crippen LogP contribution in [0.5, 0.6) is 0 Å². The van der Waals surface area contributed by atoms with Crippen molar-refractivity contribution in [3.8, 4) is 0 Å². The van der Waals surface area contributed by atoms with Gasteiger partial charge in [0.05, 0.1) is 25.6 Å². The highest BCUT2D eigenvalue weighted by atomic mass is 33.8. The van der Waals surface area contributed by atoms with Crippen LogP contribution in [0.1, 0.15) is 303 Å². The van der Waals surface area contributed by atoms with E-state index in [-0.39, 0.29) is 0 Å². The van der Waals surface area contributed by atoms with E-state index in [1.54, 1.807) is 39.3 Å². The van der Waals surface area contributed by atoms with E-state index in [9.17, 15) is 0 Å². The quantitative estimate of drug-likeness (QED) is 0.0168. The molecule has 0 heterocycles. The van der Waals surface area contributed by atoms with Crippen molar-refractivity contribution in [1.29, 1.82) is 0 Å². The fourth-order valence-electron chi connectivity index (χ4n) is 25.8. The molecule has 9 aliphatic rings. The molecule has 9 aliphatic carbocycles. The van der Waals surface area contributed by atoms with E-state index in [2.05, 4.69) is 111 Å². The van der Waals surface area contributed by atoms with Crippen molar-refractivity contribution in [2.75, 3.05) is 79.3 Å². The lowest BCUT2D eigenvalue weighted by Gasteiger charge is -2.86. The Morgan fingerprint density at radius 3 is 0.558 bits per heavy atom. The molecule has 16 atom stereocenters. The molecular formula is C72H144O12S16Si4. The van der Waals surface area contributed by atoms with Crippen LogP contribution >= 0.6 is 165 Å². The van der Waals surface area contributed by atoms with Crippen LogP contribution in [0.3, 0.4) is 0 Å². The molecule has 9 saturated carbocycles. The van der Waals surface area contributed by atoms with Crippen molar-refractivity contribution >= 4 is 200 Å². The minimum Gasteiger partial charge on any atom is -0.373 e. The molecule has 0 aromatic rings. The highest BCUT2D eigenvalue weighted by molar-refractivity contribution is 9.45. The first-order valence-corrected chi connectivity index (χ1v) is 68.2. The maximum absolute atomic E-state index is 8.19. The topological polar surface area (TPSA) is 111 Å². The van der Waals surface area contributed by atoms with Crippen LogP contribution in [0.15, 0.2) is 0 Å². The van der Waals surface area contributed by atoms with Crippen LogP contribution in [0.4, 0.5) is 0 Å². The first kappa shape index (κ1) is 93.8. The van der Waals surface area contributed by atoms with Crippen LogP contribution in [0.25, 0.3) is 0 Å². The van der Waals surface area contributed by atoms with Gasteiger partial charge in [0.15, 0.2) is 0 Å². The Morgan fingerprint density at radius 2 is 0.423 bits per heavy atom. The van der Waals surface area contributed by atoms with Gasteiger partial charge in [-0.25, -0.2) is 0 Å². The average Bonchev–Trinajstić information content (AvgIpc) is 1.11. The molecule has 0 amide bonds. The van der Waals surface area contributed by atoms with Gasteiger partial charge in [-0.15, -0.1) is 126 Å². The first-order chi connectivity index (χ1) is 49.8. The van der Waals surface area contributed by atoms with E-state index in [4.69, 9.17) is 146 Å². The predicted molar refractivity (Wildman–Crippen MR) is 496 cm³/mol. The zero-order chi connectivity index (χ0) is 76.3. The molecule has 32 heteroatoms. The minimum absolute atomic E-state index is 0.304. The van der Waals surface area contributed by atoms with Gasteiger partial charge in [-0.2, -0.15) is 0 Å². The Labute approximate surface area is 699 Å². The standard InChI is InChI=1S/C72H144O12S16Si4/c1-17-63-47-41-59(51-63)55-69(63,101(73-21-5,74-22-6)75-23-7)97(89,93-85)67(98(90,94-86)70(56-60-42-48-64(70,18-2)52-60)102(76-24-8,77-25-9)78-26-10)45-39-37-35-33-34-36-38-40-46-68(67,99(91,95-87)71(57-61-43-49-65(71,19-3)53-61)103(79-27-11,80-28-12)81-29-13)100(92,96-88)72(58-62-44-50-66(72,20-4)54-62)104(82-30-14,83-31-15)84-32-16/h59-62,85-92H,17-58H2,1-16H3. The van der Waals surface area contributed by atoms with Crippen molar-refractivity contribution in [3.63, 3.8) is 0 Å². The molecule has 0 aromatic carbocycles. The van der Waals surface area contributed by atoms with Crippen LogP contribution in [0.2, 0.25) is 0 Å². The average molecular weight is 1830 g/mol. The molecule has 8 bridgehead atoms. The van der Waals surface area contributed by atoms with Gasteiger partial charge < -0.3 is 53.1 Å². The van der Waals surface area contributed by atoms with Gasteiger partial charge in [0, 0.05) is 79.3 Å². The number of hydrogen-bond donors (Lipinski definition) is 8. The largest absolute Gasteiger partial charge is 0.518 e. The summed E-state index contributed by atoms with van der Waals surface area (Å²) in [7, 11) is -23.2. The lowest BCUT2D eigenvalue weighted by Crippen LogP contribution is -2.82. The second kappa shape index (κ2) is 37.5. The Kier molecular flexibility index (Phi) is 33.9. The summed E-state index contributed by atoms with van der Waals surface area (Å²) in [6.45, 7) is 40.9. The highest BCUT2D eigenvalue weighted by Crippen LogP contribution is 3.15. The molecule has 9 rings (SSSR count). The molecule has 0 radical (unpaired) electrons. The molecule has 16 unspecified atom stereocenters. The third kappa shape index (κ3) is 12.9. The summed E-state index contributed by atoms with van der Waals surface area (Å²) in [5.41, 5.74) is -1.77. The maximum atomic E-state index is 8.19.